The van der Waals surface area contributed by atoms with Crippen LogP contribution in [0.25, 0.3) is 0 Å². The standard InChI is InChI=1S/C24H32N4O3/c1-4-6-14-25-23(30)18-10-12-20(13-11-18)26-16-22(29)28-21-9-7-8-19(15-21)24(31)27-17(3)5-2/h7-13,15,17,26H,4-6,14,16H2,1-3H3,(H,25,30)(H,27,31)(H,28,29). The molecule has 0 aromatic heterocycles. The molecule has 7 heteroatoms. The van der Waals surface area contributed by atoms with Gasteiger partial charge in [0.15, 0.2) is 0 Å². The lowest BCUT2D eigenvalue weighted by Gasteiger charge is -2.12. The molecule has 2 aromatic carbocycles. The first-order chi connectivity index (χ1) is 14.9. The van der Waals surface area contributed by atoms with Crippen LogP contribution in [0.15, 0.2) is 48.5 Å². The zero-order valence-corrected chi connectivity index (χ0v) is 18.5. The number of carbonyl (C=O) groups is 3. The summed E-state index contributed by atoms with van der Waals surface area (Å²) in [7, 11) is 0. The summed E-state index contributed by atoms with van der Waals surface area (Å²) in [5.74, 6) is -0.502. The second-order valence-electron chi connectivity index (χ2n) is 7.45. The summed E-state index contributed by atoms with van der Waals surface area (Å²) in [6.45, 7) is 6.75. The van der Waals surface area contributed by atoms with Crippen molar-refractivity contribution in [1.82, 2.24) is 10.6 Å². The third kappa shape index (κ3) is 8.12. The third-order valence-electron chi connectivity index (χ3n) is 4.81. The van der Waals surface area contributed by atoms with Gasteiger partial charge in [-0.25, -0.2) is 0 Å². The van der Waals surface area contributed by atoms with Crippen molar-refractivity contribution in [3.63, 3.8) is 0 Å². The molecule has 0 fully saturated rings. The van der Waals surface area contributed by atoms with E-state index in [1.165, 1.54) is 0 Å². The lowest BCUT2D eigenvalue weighted by molar-refractivity contribution is -0.114. The molecule has 0 spiro atoms. The Hall–Kier alpha value is -3.35. The van der Waals surface area contributed by atoms with Gasteiger partial charge in [0.05, 0.1) is 6.54 Å². The van der Waals surface area contributed by atoms with Gasteiger partial charge in [-0.2, -0.15) is 0 Å². The predicted molar refractivity (Wildman–Crippen MR) is 124 cm³/mol. The minimum Gasteiger partial charge on any atom is -0.376 e. The monoisotopic (exact) mass is 424 g/mol. The first kappa shape index (κ1) is 23.9. The Kier molecular flexibility index (Phi) is 9.55. The summed E-state index contributed by atoms with van der Waals surface area (Å²) in [6, 6.07) is 13.9. The van der Waals surface area contributed by atoms with Crippen LogP contribution in [0, 0.1) is 0 Å². The van der Waals surface area contributed by atoms with Crippen LogP contribution in [0.1, 0.15) is 60.7 Å². The summed E-state index contributed by atoms with van der Waals surface area (Å²) in [5.41, 5.74) is 2.38. The fourth-order valence-electron chi connectivity index (χ4n) is 2.76. The van der Waals surface area contributed by atoms with E-state index in [1.54, 1.807) is 48.5 Å². The first-order valence-corrected chi connectivity index (χ1v) is 10.8. The van der Waals surface area contributed by atoms with Gasteiger partial charge in [0.2, 0.25) is 5.91 Å². The van der Waals surface area contributed by atoms with E-state index in [4.69, 9.17) is 0 Å². The fraction of sp³-hybridized carbons (Fsp3) is 0.375. The summed E-state index contributed by atoms with van der Waals surface area (Å²) in [4.78, 5) is 36.5. The number of anilines is 2. The smallest absolute Gasteiger partial charge is 0.251 e. The van der Waals surface area contributed by atoms with Gasteiger partial charge in [0.1, 0.15) is 0 Å². The van der Waals surface area contributed by atoms with E-state index < -0.39 is 0 Å². The molecule has 0 aliphatic heterocycles. The van der Waals surface area contributed by atoms with Crippen molar-refractivity contribution in [1.29, 1.82) is 0 Å². The predicted octanol–water partition coefficient (Wildman–Crippen LogP) is 3.80. The average Bonchev–Trinajstić information content (AvgIpc) is 2.78. The molecule has 0 radical (unpaired) electrons. The van der Waals surface area contributed by atoms with Crippen molar-refractivity contribution >= 4 is 29.1 Å². The van der Waals surface area contributed by atoms with E-state index in [0.29, 0.717) is 23.4 Å². The molecule has 3 amide bonds. The second kappa shape index (κ2) is 12.4. The van der Waals surface area contributed by atoms with Crippen LogP contribution < -0.4 is 21.3 Å². The number of hydrogen-bond donors (Lipinski definition) is 4. The Balaban J connectivity index is 1.84. The molecule has 2 aromatic rings. The van der Waals surface area contributed by atoms with E-state index in [9.17, 15) is 14.4 Å². The molecule has 31 heavy (non-hydrogen) atoms. The second-order valence-corrected chi connectivity index (χ2v) is 7.45. The fourth-order valence-corrected chi connectivity index (χ4v) is 2.76. The summed E-state index contributed by atoms with van der Waals surface area (Å²) >= 11 is 0. The molecule has 0 heterocycles. The van der Waals surface area contributed by atoms with Crippen LogP contribution in [-0.4, -0.2) is 36.9 Å². The summed E-state index contributed by atoms with van der Waals surface area (Å²) < 4.78 is 0. The van der Waals surface area contributed by atoms with Gasteiger partial charge in [0, 0.05) is 35.1 Å². The highest BCUT2D eigenvalue weighted by Crippen LogP contribution is 2.12. The van der Waals surface area contributed by atoms with Gasteiger partial charge in [-0.15, -0.1) is 0 Å². The molecule has 0 bridgehead atoms. The number of unbranched alkanes of at least 4 members (excludes halogenated alkanes) is 1. The molecule has 1 atom stereocenters. The highest BCUT2D eigenvalue weighted by atomic mass is 16.2. The molecule has 4 N–H and O–H groups in total. The number of nitrogens with one attached hydrogen (secondary N) is 4. The van der Waals surface area contributed by atoms with Crippen LogP contribution >= 0.6 is 0 Å². The van der Waals surface area contributed by atoms with Crippen molar-refractivity contribution in [2.45, 2.75) is 46.1 Å². The third-order valence-corrected chi connectivity index (χ3v) is 4.81. The topological polar surface area (TPSA) is 99.3 Å². The van der Waals surface area contributed by atoms with Crippen molar-refractivity contribution in [2.24, 2.45) is 0 Å². The van der Waals surface area contributed by atoms with Crippen LogP contribution in [-0.2, 0) is 4.79 Å². The average molecular weight is 425 g/mol. The summed E-state index contributed by atoms with van der Waals surface area (Å²) in [5, 5.41) is 11.6. The zero-order chi connectivity index (χ0) is 22.6. The van der Waals surface area contributed by atoms with E-state index in [2.05, 4.69) is 28.2 Å². The maximum Gasteiger partial charge on any atom is 0.251 e. The van der Waals surface area contributed by atoms with Crippen LogP contribution in [0.2, 0.25) is 0 Å². The van der Waals surface area contributed by atoms with Crippen LogP contribution in [0.3, 0.4) is 0 Å². The lowest BCUT2D eigenvalue weighted by Crippen LogP contribution is -2.32. The number of hydrogen-bond acceptors (Lipinski definition) is 4. The van der Waals surface area contributed by atoms with Gasteiger partial charge in [0.25, 0.3) is 11.8 Å². The van der Waals surface area contributed by atoms with Crippen molar-refractivity contribution < 1.29 is 14.4 Å². The molecule has 0 saturated carbocycles. The SMILES string of the molecule is CCCCNC(=O)c1ccc(NCC(=O)Nc2cccc(C(=O)NC(C)CC)c2)cc1. The molecule has 0 aliphatic rings. The molecule has 7 nitrogen and oxygen atoms in total. The van der Waals surface area contributed by atoms with Crippen LogP contribution in [0.5, 0.6) is 0 Å². The van der Waals surface area contributed by atoms with Gasteiger partial charge in [-0.3, -0.25) is 14.4 Å². The molecule has 0 saturated heterocycles. The highest BCUT2D eigenvalue weighted by molar-refractivity contribution is 5.98. The number of rotatable bonds is 11. The molecule has 0 aliphatic carbocycles. The zero-order valence-electron chi connectivity index (χ0n) is 18.5. The minimum absolute atomic E-state index is 0.0608. The molecular formula is C24H32N4O3. The van der Waals surface area contributed by atoms with Gasteiger partial charge in [-0.05, 0) is 62.2 Å². The van der Waals surface area contributed by atoms with Crippen molar-refractivity contribution in [2.75, 3.05) is 23.7 Å². The van der Waals surface area contributed by atoms with Gasteiger partial charge < -0.3 is 21.3 Å². The Morgan fingerprint density at radius 2 is 1.65 bits per heavy atom. The van der Waals surface area contributed by atoms with E-state index in [0.717, 1.165) is 24.9 Å². The minimum atomic E-state index is -0.235. The molecule has 1 unspecified atom stereocenters. The Labute approximate surface area is 184 Å². The van der Waals surface area contributed by atoms with Crippen LogP contribution in [0.4, 0.5) is 11.4 Å². The molecular weight excluding hydrogens is 392 g/mol. The maximum atomic E-state index is 12.3. The van der Waals surface area contributed by atoms with Crippen molar-refractivity contribution in [3.05, 3.63) is 59.7 Å². The van der Waals surface area contributed by atoms with E-state index in [-0.39, 0.29) is 30.3 Å². The molecule has 166 valence electrons. The van der Waals surface area contributed by atoms with Gasteiger partial charge in [-0.1, -0.05) is 26.3 Å². The Bertz CT molecular complexity index is 881. The van der Waals surface area contributed by atoms with Gasteiger partial charge >= 0.3 is 0 Å². The largest absolute Gasteiger partial charge is 0.376 e. The lowest BCUT2D eigenvalue weighted by atomic mass is 10.1. The highest BCUT2D eigenvalue weighted by Gasteiger charge is 2.10. The Morgan fingerprint density at radius 3 is 2.32 bits per heavy atom. The number of amides is 3. The number of carbonyl (C=O) groups excluding carboxylic acids is 3. The maximum absolute atomic E-state index is 12.3. The summed E-state index contributed by atoms with van der Waals surface area (Å²) in [6.07, 6.45) is 2.82. The number of benzene rings is 2. The molecule has 2 rings (SSSR count). The van der Waals surface area contributed by atoms with E-state index >= 15 is 0 Å². The first-order valence-electron chi connectivity index (χ1n) is 10.8. The normalized spacial score (nSPS) is 11.3. The quantitative estimate of drug-likeness (QED) is 0.412. The van der Waals surface area contributed by atoms with E-state index in [1.807, 2.05) is 13.8 Å². The van der Waals surface area contributed by atoms with Crippen molar-refractivity contribution in [3.8, 4) is 0 Å². The Morgan fingerprint density at radius 1 is 0.903 bits per heavy atom.